The molecule has 0 aliphatic rings. The molecule has 0 aromatic heterocycles. The topological polar surface area (TPSA) is 80.4 Å². The molecule has 0 saturated heterocycles. The summed E-state index contributed by atoms with van der Waals surface area (Å²) in [5.41, 5.74) is 0.331. The molecule has 0 heterocycles. The van der Waals surface area contributed by atoms with E-state index < -0.39 is 10.9 Å². The van der Waals surface area contributed by atoms with Gasteiger partial charge in [-0.05, 0) is 12.1 Å². The number of carboxylic acid groups (broad SMARTS) is 1. The molecular weight excluding hydrogens is 222 g/mol. The van der Waals surface area contributed by atoms with E-state index in [0.717, 1.165) is 7.05 Å². The molecule has 0 fully saturated rings. The first kappa shape index (κ1) is 20.5. The SMILES string of the molecule is CC.CC.C[N+](=O)[O-].O=C(O)c1ccccc1. The molecule has 5 nitrogen and oxygen atoms in total. The van der Waals surface area contributed by atoms with Crippen LogP contribution in [0.1, 0.15) is 38.1 Å². The van der Waals surface area contributed by atoms with Gasteiger partial charge in [0.15, 0.2) is 7.05 Å². The number of hydrogen-bond donors (Lipinski definition) is 1. The van der Waals surface area contributed by atoms with E-state index in [1.165, 1.54) is 0 Å². The van der Waals surface area contributed by atoms with Gasteiger partial charge in [0.05, 0.1) is 5.56 Å². The fraction of sp³-hybridized carbons (Fsp3) is 0.417. The normalized spacial score (nSPS) is 6.88. The number of aromatic carboxylic acids is 1. The van der Waals surface area contributed by atoms with Gasteiger partial charge in [0.25, 0.3) is 0 Å². The first-order chi connectivity index (χ1) is 8.04. The first-order valence-electron chi connectivity index (χ1n) is 5.40. The Balaban J connectivity index is -0.000000208. The second-order valence-corrected chi connectivity index (χ2v) is 2.11. The molecule has 0 amide bonds. The van der Waals surface area contributed by atoms with Gasteiger partial charge in [0.1, 0.15) is 0 Å². The number of benzene rings is 1. The maximum atomic E-state index is 10.2. The summed E-state index contributed by atoms with van der Waals surface area (Å²) < 4.78 is 0. The van der Waals surface area contributed by atoms with Crippen LogP contribution in [0.15, 0.2) is 30.3 Å². The molecule has 1 aromatic rings. The summed E-state index contributed by atoms with van der Waals surface area (Å²) >= 11 is 0. The maximum Gasteiger partial charge on any atom is 0.335 e. The fourth-order valence-corrected chi connectivity index (χ4v) is 0.581. The predicted octanol–water partition coefficient (Wildman–Crippen LogP) is 3.33. The van der Waals surface area contributed by atoms with Crippen LogP contribution >= 0.6 is 0 Å². The Labute approximate surface area is 102 Å². The van der Waals surface area contributed by atoms with Gasteiger partial charge in [-0.1, -0.05) is 45.9 Å². The lowest BCUT2D eigenvalue weighted by atomic mass is 10.2. The molecule has 0 bridgehead atoms. The minimum absolute atomic E-state index is 0.331. The zero-order valence-corrected chi connectivity index (χ0v) is 11.0. The molecule has 1 N–H and O–H groups in total. The molecule has 98 valence electrons. The molecular formula is C12H21NO4. The molecule has 0 atom stereocenters. The number of rotatable bonds is 1. The largest absolute Gasteiger partial charge is 0.478 e. The van der Waals surface area contributed by atoms with Crippen molar-refractivity contribution in [1.29, 1.82) is 0 Å². The summed E-state index contributed by atoms with van der Waals surface area (Å²) in [6.07, 6.45) is 0. The second kappa shape index (κ2) is 16.5. The molecule has 17 heavy (non-hydrogen) atoms. The Hall–Kier alpha value is -1.91. The van der Waals surface area contributed by atoms with Crippen molar-refractivity contribution in [1.82, 2.24) is 0 Å². The van der Waals surface area contributed by atoms with Crippen molar-refractivity contribution in [2.75, 3.05) is 7.05 Å². The van der Waals surface area contributed by atoms with Crippen LogP contribution in [-0.2, 0) is 0 Å². The van der Waals surface area contributed by atoms with Crippen molar-refractivity contribution >= 4 is 5.97 Å². The molecule has 1 aromatic carbocycles. The Morgan fingerprint density at radius 3 is 1.59 bits per heavy atom. The Bertz CT molecular complexity index is 282. The van der Waals surface area contributed by atoms with Crippen LogP contribution in [0.2, 0.25) is 0 Å². The molecule has 0 unspecified atom stereocenters. The fourth-order valence-electron chi connectivity index (χ4n) is 0.581. The Kier molecular flexibility index (Phi) is 19.9. The zero-order chi connectivity index (χ0) is 14.3. The van der Waals surface area contributed by atoms with Crippen molar-refractivity contribution in [3.63, 3.8) is 0 Å². The first-order valence-corrected chi connectivity index (χ1v) is 5.40. The van der Waals surface area contributed by atoms with Crippen LogP contribution in [0, 0.1) is 10.1 Å². The van der Waals surface area contributed by atoms with Gasteiger partial charge in [-0.3, -0.25) is 10.1 Å². The number of carbonyl (C=O) groups is 1. The highest BCUT2D eigenvalue weighted by Gasteiger charge is 1.96. The minimum atomic E-state index is -0.879. The molecule has 0 aliphatic heterocycles. The van der Waals surface area contributed by atoms with E-state index in [-0.39, 0.29) is 0 Å². The van der Waals surface area contributed by atoms with Crippen molar-refractivity contribution in [2.24, 2.45) is 0 Å². The summed E-state index contributed by atoms with van der Waals surface area (Å²) in [5, 5.41) is 17.2. The molecule has 5 heteroatoms. The highest BCUT2D eigenvalue weighted by atomic mass is 16.6. The average Bonchev–Trinajstić information content (AvgIpc) is 2.34. The Morgan fingerprint density at radius 2 is 1.41 bits per heavy atom. The Morgan fingerprint density at radius 1 is 1.12 bits per heavy atom. The monoisotopic (exact) mass is 243 g/mol. The lowest BCUT2D eigenvalue weighted by molar-refractivity contribution is -0.445. The van der Waals surface area contributed by atoms with E-state index in [4.69, 9.17) is 15.2 Å². The van der Waals surface area contributed by atoms with Crippen LogP contribution in [0.4, 0.5) is 0 Å². The highest BCUT2D eigenvalue weighted by Crippen LogP contribution is 1.96. The zero-order valence-electron chi connectivity index (χ0n) is 11.0. The van der Waals surface area contributed by atoms with E-state index in [1.54, 1.807) is 30.3 Å². The third-order valence-electron chi connectivity index (χ3n) is 1.02. The standard InChI is InChI=1S/C7H6O2.2C2H6.CH3NO2/c8-7(9)6-4-2-1-3-5-6;2*1-2;1-2(3)4/h1-5H,(H,8,9);2*1-2H3;1H3. The van der Waals surface area contributed by atoms with Gasteiger partial charge < -0.3 is 5.11 Å². The number of carboxylic acids is 1. The average molecular weight is 243 g/mol. The van der Waals surface area contributed by atoms with Crippen molar-refractivity contribution < 1.29 is 14.8 Å². The summed E-state index contributed by atoms with van der Waals surface area (Å²) in [6.45, 7) is 8.00. The smallest absolute Gasteiger partial charge is 0.335 e. The van der Waals surface area contributed by atoms with Gasteiger partial charge in [-0.2, -0.15) is 0 Å². The summed E-state index contributed by atoms with van der Waals surface area (Å²) in [4.78, 5) is 18.5. The van der Waals surface area contributed by atoms with E-state index in [0.29, 0.717) is 5.56 Å². The molecule has 0 radical (unpaired) electrons. The number of hydrogen-bond acceptors (Lipinski definition) is 3. The van der Waals surface area contributed by atoms with Crippen molar-refractivity contribution in [3.05, 3.63) is 46.0 Å². The molecule has 0 aliphatic carbocycles. The van der Waals surface area contributed by atoms with Gasteiger partial charge in [-0.15, -0.1) is 0 Å². The summed E-state index contributed by atoms with van der Waals surface area (Å²) in [6, 6.07) is 8.30. The van der Waals surface area contributed by atoms with Gasteiger partial charge in [-0.25, -0.2) is 4.79 Å². The van der Waals surface area contributed by atoms with Crippen molar-refractivity contribution in [3.8, 4) is 0 Å². The van der Waals surface area contributed by atoms with Crippen LogP contribution in [0.3, 0.4) is 0 Å². The van der Waals surface area contributed by atoms with E-state index >= 15 is 0 Å². The highest BCUT2D eigenvalue weighted by molar-refractivity contribution is 5.87. The molecule has 0 spiro atoms. The van der Waals surface area contributed by atoms with E-state index in [9.17, 15) is 4.79 Å². The van der Waals surface area contributed by atoms with E-state index in [2.05, 4.69) is 0 Å². The molecule has 0 saturated carbocycles. The van der Waals surface area contributed by atoms with Crippen LogP contribution in [0.25, 0.3) is 0 Å². The lowest BCUT2D eigenvalue weighted by Gasteiger charge is -1.88. The van der Waals surface area contributed by atoms with Crippen molar-refractivity contribution in [2.45, 2.75) is 27.7 Å². The summed E-state index contributed by atoms with van der Waals surface area (Å²) in [7, 11) is 0.889. The van der Waals surface area contributed by atoms with Gasteiger partial charge in [0, 0.05) is 4.92 Å². The lowest BCUT2D eigenvalue weighted by Crippen LogP contribution is -1.93. The van der Waals surface area contributed by atoms with Gasteiger partial charge >= 0.3 is 5.97 Å². The van der Waals surface area contributed by atoms with Crippen LogP contribution in [0.5, 0.6) is 0 Å². The van der Waals surface area contributed by atoms with E-state index in [1.807, 2.05) is 27.7 Å². The van der Waals surface area contributed by atoms with Crippen LogP contribution in [-0.4, -0.2) is 23.0 Å². The minimum Gasteiger partial charge on any atom is -0.478 e. The van der Waals surface area contributed by atoms with Gasteiger partial charge in [0.2, 0.25) is 0 Å². The molecule has 1 rings (SSSR count). The number of nitrogens with zero attached hydrogens (tertiary/aromatic N) is 1. The third kappa shape index (κ3) is 20.2. The van der Waals surface area contributed by atoms with Crippen LogP contribution < -0.4 is 0 Å². The predicted molar refractivity (Wildman–Crippen MR) is 69.0 cm³/mol. The third-order valence-corrected chi connectivity index (χ3v) is 1.02. The maximum absolute atomic E-state index is 10.2. The summed E-state index contributed by atoms with van der Waals surface area (Å²) in [5.74, 6) is -0.879. The number of nitro groups is 1. The quantitative estimate of drug-likeness (QED) is 0.606. The second-order valence-electron chi connectivity index (χ2n) is 2.11.